The van der Waals surface area contributed by atoms with Crippen molar-refractivity contribution in [2.75, 3.05) is 31.6 Å². The van der Waals surface area contributed by atoms with E-state index < -0.39 is 59.0 Å². The number of likely N-dealkylation sites (N-methyl/N-ethyl adjacent to an activating group) is 1. The Balaban J connectivity index is 0.00000129. The minimum atomic E-state index is -4.77. The molecule has 14 heteroatoms. The van der Waals surface area contributed by atoms with E-state index in [-0.39, 0.29) is 25.9 Å². The number of urea groups is 1. The third kappa shape index (κ3) is 5.65. The van der Waals surface area contributed by atoms with Crippen LogP contribution >= 0.6 is 0 Å². The molecule has 2 aliphatic rings. The van der Waals surface area contributed by atoms with Crippen LogP contribution in [0.15, 0.2) is 42.6 Å². The molecule has 5 rings (SSSR count). The predicted molar refractivity (Wildman–Crippen MR) is 145 cm³/mol. The first-order chi connectivity index (χ1) is 19.8. The van der Waals surface area contributed by atoms with Crippen LogP contribution in [0.4, 0.5) is 28.0 Å². The number of nitrogens with one attached hydrogen (secondary N) is 2. The van der Waals surface area contributed by atoms with Gasteiger partial charge in [0, 0.05) is 31.2 Å². The third-order valence-corrected chi connectivity index (χ3v) is 7.17. The number of hydrogen-bond acceptors (Lipinski definition) is 5. The van der Waals surface area contributed by atoms with Gasteiger partial charge >= 0.3 is 12.2 Å². The fourth-order valence-electron chi connectivity index (χ4n) is 5.06. The van der Waals surface area contributed by atoms with Crippen LogP contribution in [0, 0.1) is 5.82 Å². The van der Waals surface area contributed by atoms with Crippen LogP contribution in [0.3, 0.4) is 0 Å². The molecule has 5 amide bonds. The van der Waals surface area contributed by atoms with Crippen LogP contribution in [-0.2, 0) is 15.8 Å². The molecule has 2 saturated heterocycles. The molecule has 2 N–H and O–H groups in total. The monoisotopic (exact) mass is 590 g/mol. The number of alkyl halides is 3. The standard InChI is InChI=1S/C25H22F4N6O4.C3H8/c1-33-22(38)24(35(23(33)39)16-3-5-19-14(10-16)12-31-32-19)6-8-34(9-7-24)20(36)13-30-21(37)17-11-15(25(27,28)29)2-4-18(17)26;1-3-2/h2-5,10-12H,6-9,13H2,1H3,(H,30,37)(H,31,32);3H2,1-2H3. The highest BCUT2D eigenvalue weighted by Crippen LogP contribution is 2.41. The van der Waals surface area contributed by atoms with Crippen molar-refractivity contribution in [3.05, 3.63) is 59.5 Å². The number of rotatable bonds is 4. The highest BCUT2D eigenvalue weighted by atomic mass is 19.4. The van der Waals surface area contributed by atoms with E-state index in [1.54, 1.807) is 24.4 Å². The van der Waals surface area contributed by atoms with Crippen LogP contribution < -0.4 is 10.2 Å². The lowest BCUT2D eigenvalue weighted by molar-refractivity contribution is -0.137. The van der Waals surface area contributed by atoms with Gasteiger partial charge in [-0.05, 0) is 49.2 Å². The zero-order valence-electron chi connectivity index (χ0n) is 23.2. The number of hydrogen-bond donors (Lipinski definition) is 2. The van der Waals surface area contributed by atoms with Crippen molar-refractivity contribution >= 4 is 40.3 Å². The second-order valence-electron chi connectivity index (χ2n) is 10.1. The third-order valence-electron chi connectivity index (χ3n) is 7.17. The van der Waals surface area contributed by atoms with Crippen LogP contribution in [0.2, 0.25) is 0 Å². The molecule has 0 aliphatic carbocycles. The van der Waals surface area contributed by atoms with E-state index in [9.17, 15) is 36.7 Å². The molecule has 0 bridgehead atoms. The summed E-state index contributed by atoms with van der Waals surface area (Å²) >= 11 is 0. The number of fused-ring (bicyclic) bond motifs is 1. The van der Waals surface area contributed by atoms with Gasteiger partial charge in [0.15, 0.2) is 0 Å². The summed E-state index contributed by atoms with van der Waals surface area (Å²) in [6.07, 6.45) is -1.69. The minimum Gasteiger partial charge on any atom is -0.343 e. The Morgan fingerprint density at radius 2 is 1.74 bits per heavy atom. The number of amides is 5. The number of imide groups is 1. The molecular formula is C28H30F4N6O4. The number of H-pyrrole nitrogens is 1. The van der Waals surface area contributed by atoms with Gasteiger partial charge in [0.2, 0.25) is 5.91 Å². The van der Waals surface area contributed by atoms with Crippen molar-refractivity contribution in [3.8, 4) is 0 Å². The van der Waals surface area contributed by atoms with Crippen LogP contribution in [0.1, 0.15) is 49.0 Å². The lowest BCUT2D eigenvalue weighted by atomic mass is 9.85. The van der Waals surface area contributed by atoms with Crippen LogP contribution in [0.5, 0.6) is 0 Å². The molecule has 0 radical (unpaired) electrons. The van der Waals surface area contributed by atoms with Crippen molar-refractivity contribution in [1.29, 1.82) is 0 Å². The van der Waals surface area contributed by atoms with E-state index in [1.165, 1.54) is 23.3 Å². The minimum absolute atomic E-state index is 0.0734. The smallest absolute Gasteiger partial charge is 0.343 e. The van der Waals surface area contributed by atoms with Crippen molar-refractivity contribution < 1.29 is 36.7 Å². The van der Waals surface area contributed by atoms with E-state index in [2.05, 4.69) is 29.4 Å². The van der Waals surface area contributed by atoms with Crippen molar-refractivity contribution in [2.24, 2.45) is 0 Å². The molecule has 0 saturated carbocycles. The average molecular weight is 591 g/mol. The van der Waals surface area contributed by atoms with E-state index in [0.717, 1.165) is 15.8 Å². The highest BCUT2D eigenvalue weighted by molar-refractivity contribution is 6.17. The number of aromatic amines is 1. The van der Waals surface area contributed by atoms with E-state index >= 15 is 0 Å². The fraction of sp³-hybridized carbons (Fsp3) is 0.393. The zero-order valence-corrected chi connectivity index (χ0v) is 23.2. The molecular weight excluding hydrogens is 560 g/mol. The number of nitrogens with zero attached hydrogens (tertiary/aromatic N) is 4. The molecule has 2 aliphatic heterocycles. The van der Waals surface area contributed by atoms with Gasteiger partial charge in [0.25, 0.3) is 11.8 Å². The SMILES string of the molecule is CCC.CN1C(=O)N(c2ccc3[nH]ncc3c2)C2(CCN(C(=O)CNC(=O)c3cc(C(F)(F)F)ccc3F)CC2)C1=O. The summed E-state index contributed by atoms with van der Waals surface area (Å²) in [6.45, 7) is 3.81. The van der Waals surface area contributed by atoms with Gasteiger partial charge in [0.1, 0.15) is 11.4 Å². The molecule has 224 valence electrons. The fourth-order valence-corrected chi connectivity index (χ4v) is 5.06. The van der Waals surface area contributed by atoms with Crippen LogP contribution in [0.25, 0.3) is 10.9 Å². The van der Waals surface area contributed by atoms with Gasteiger partial charge < -0.3 is 10.2 Å². The molecule has 3 heterocycles. The number of carbonyl (C=O) groups excluding carboxylic acids is 4. The Hall–Kier alpha value is -4.49. The summed E-state index contributed by atoms with van der Waals surface area (Å²) in [5.74, 6) is -3.29. The Morgan fingerprint density at radius 3 is 2.38 bits per heavy atom. The maximum atomic E-state index is 14.0. The normalized spacial score (nSPS) is 16.6. The molecule has 0 atom stereocenters. The Bertz CT molecular complexity index is 1510. The lowest BCUT2D eigenvalue weighted by Gasteiger charge is -2.42. The number of likely N-dealkylation sites (tertiary alicyclic amines) is 1. The topological polar surface area (TPSA) is 119 Å². The van der Waals surface area contributed by atoms with Crippen molar-refractivity contribution in [2.45, 2.75) is 44.8 Å². The summed E-state index contributed by atoms with van der Waals surface area (Å²) < 4.78 is 52.8. The molecule has 1 aromatic heterocycles. The number of carbonyl (C=O) groups is 4. The number of aromatic nitrogens is 2. The first kappa shape index (κ1) is 30.5. The molecule has 42 heavy (non-hydrogen) atoms. The lowest BCUT2D eigenvalue weighted by Crippen LogP contribution is -2.58. The summed E-state index contributed by atoms with van der Waals surface area (Å²) in [7, 11) is 1.39. The van der Waals surface area contributed by atoms with Crippen LogP contribution in [-0.4, -0.2) is 76.0 Å². The molecule has 1 spiro atoms. The molecule has 0 unspecified atom stereocenters. The van der Waals surface area contributed by atoms with Gasteiger partial charge in [-0.1, -0.05) is 20.3 Å². The number of anilines is 1. The molecule has 3 aromatic rings. The molecule has 10 nitrogen and oxygen atoms in total. The zero-order chi connectivity index (χ0) is 30.8. The highest BCUT2D eigenvalue weighted by Gasteiger charge is 2.57. The number of halogens is 4. The Labute approximate surface area is 238 Å². The second-order valence-corrected chi connectivity index (χ2v) is 10.1. The quantitative estimate of drug-likeness (QED) is 0.347. The predicted octanol–water partition coefficient (Wildman–Crippen LogP) is 4.33. The maximum Gasteiger partial charge on any atom is 0.416 e. The molecule has 2 fully saturated rings. The van der Waals surface area contributed by atoms with Crippen molar-refractivity contribution in [3.63, 3.8) is 0 Å². The van der Waals surface area contributed by atoms with Gasteiger partial charge in [-0.25, -0.2) is 9.18 Å². The average Bonchev–Trinajstić information content (AvgIpc) is 3.49. The number of piperidine rings is 1. The summed E-state index contributed by atoms with van der Waals surface area (Å²) in [6, 6.07) is 6.13. The first-order valence-corrected chi connectivity index (χ1v) is 13.3. The number of benzene rings is 2. The maximum absolute atomic E-state index is 14.0. The Morgan fingerprint density at radius 1 is 1.07 bits per heavy atom. The summed E-state index contributed by atoms with van der Waals surface area (Å²) in [5, 5.41) is 9.70. The van der Waals surface area contributed by atoms with E-state index in [1.807, 2.05) is 0 Å². The van der Waals surface area contributed by atoms with Gasteiger partial charge in [-0.3, -0.25) is 29.3 Å². The van der Waals surface area contributed by atoms with Gasteiger partial charge in [0.05, 0.1) is 29.4 Å². The summed E-state index contributed by atoms with van der Waals surface area (Å²) in [4.78, 5) is 55.3. The molecule has 2 aromatic carbocycles. The van der Waals surface area contributed by atoms with Gasteiger partial charge in [-0.15, -0.1) is 0 Å². The Kier molecular flexibility index (Phi) is 8.55. The summed E-state index contributed by atoms with van der Waals surface area (Å²) in [5.41, 5.74) is -1.99. The van der Waals surface area contributed by atoms with Gasteiger partial charge in [-0.2, -0.15) is 18.3 Å². The first-order valence-electron chi connectivity index (χ1n) is 13.3. The van der Waals surface area contributed by atoms with E-state index in [0.29, 0.717) is 23.9 Å². The van der Waals surface area contributed by atoms with E-state index in [4.69, 9.17) is 0 Å². The van der Waals surface area contributed by atoms with Crippen molar-refractivity contribution in [1.82, 2.24) is 25.3 Å². The second kappa shape index (κ2) is 11.8. The largest absolute Gasteiger partial charge is 0.416 e.